The molecule has 0 radical (unpaired) electrons. The molecule has 5 nitrogen and oxygen atoms in total. The molecule has 152 valence electrons. The van der Waals surface area contributed by atoms with E-state index in [4.69, 9.17) is 9.47 Å². The summed E-state index contributed by atoms with van der Waals surface area (Å²) in [5, 5.41) is 0. The predicted molar refractivity (Wildman–Crippen MR) is 108 cm³/mol. The highest BCUT2D eigenvalue weighted by molar-refractivity contribution is 14.1. The van der Waals surface area contributed by atoms with Crippen LogP contribution in [0.1, 0.15) is 23.6 Å². The second kappa shape index (κ2) is 7.98. The van der Waals surface area contributed by atoms with Crippen LogP contribution in [0.4, 0.5) is 13.6 Å². The summed E-state index contributed by atoms with van der Waals surface area (Å²) in [5.74, 6) is -2.43. The summed E-state index contributed by atoms with van der Waals surface area (Å²) in [6.07, 6.45) is -0.494. The maximum Gasteiger partial charge on any atom is 0.417 e. The minimum Gasteiger partial charge on any atom is -0.446 e. The topological polar surface area (TPSA) is 55.8 Å². The van der Waals surface area contributed by atoms with Crippen molar-refractivity contribution in [3.8, 4) is 0 Å². The van der Waals surface area contributed by atoms with Crippen LogP contribution in [0.5, 0.6) is 0 Å². The zero-order valence-corrected chi connectivity index (χ0v) is 17.5. The normalized spacial score (nSPS) is 26.6. The van der Waals surface area contributed by atoms with Crippen LogP contribution in [0.2, 0.25) is 0 Å². The summed E-state index contributed by atoms with van der Waals surface area (Å²) in [5.41, 5.74) is -0.0348. The molecule has 0 spiro atoms. The standard InChI is InChI=1S/C21H18F2INO4/c22-15-6-7-16(17(23)8-15)21(12-24)9-14(10-29-21)19(26)25-18(11-28-20(25)27)13-4-2-1-3-5-13/h1-8,14,18H,9-12H2/t14-,18-,21-/m0/s1. The Balaban J connectivity index is 1.59. The van der Waals surface area contributed by atoms with Gasteiger partial charge in [-0.3, -0.25) is 4.79 Å². The smallest absolute Gasteiger partial charge is 0.417 e. The molecule has 0 aliphatic carbocycles. The van der Waals surface area contributed by atoms with Crippen molar-refractivity contribution in [2.24, 2.45) is 5.92 Å². The molecular weight excluding hydrogens is 495 g/mol. The quantitative estimate of drug-likeness (QED) is 0.451. The van der Waals surface area contributed by atoms with Crippen LogP contribution in [0.3, 0.4) is 0 Å². The van der Waals surface area contributed by atoms with Gasteiger partial charge in [0, 0.05) is 16.1 Å². The predicted octanol–water partition coefficient (Wildman–Crippen LogP) is 4.35. The SMILES string of the molecule is O=C1OC[C@@H](c2ccccc2)N1C(=O)[C@@H]1CO[C@@](CI)(c2ccc(F)cc2F)C1. The van der Waals surface area contributed by atoms with Crippen molar-refractivity contribution in [2.75, 3.05) is 17.6 Å². The van der Waals surface area contributed by atoms with Gasteiger partial charge in [-0.05, 0) is 18.1 Å². The fraction of sp³-hybridized carbons (Fsp3) is 0.333. The number of carbonyl (C=O) groups is 2. The Hall–Kier alpha value is -2.07. The van der Waals surface area contributed by atoms with Gasteiger partial charge in [-0.15, -0.1) is 0 Å². The molecule has 4 rings (SSSR count). The largest absolute Gasteiger partial charge is 0.446 e. The lowest BCUT2D eigenvalue weighted by atomic mass is 9.88. The maximum absolute atomic E-state index is 14.4. The van der Waals surface area contributed by atoms with E-state index in [9.17, 15) is 18.4 Å². The molecule has 2 amide bonds. The molecule has 0 aromatic heterocycles. The van der Waals surface area contributed by atoms with Gasteiger partial charge in [-0.2, -0.15) is 0 Å². The van der Waals surface area contributed by atoms with Crippen molar-refractivity contribution in [3.63, 3.8) is 0 Å². The first-order chi connectivity index (χ1) is 13.9. The lowest BCUT2D eigenvalue weighted by Crippen LogP contribution is -2.39. The first kappa shape index (κ1) is 20.2. The third-order valence-corrected chi connectivity index (χ3v) is 6.65. The van der Waals surface area contributed by atoms with E-state index in [2.05, 4.69) is 22.6 Å². The van der Waals surface area contributed by atoms with Crippen LogP contribution in [0.25, 0.3) is 0 Å². The summed E-state index contributed by atoms with van der Waals surface area (Å²) in [6, 6.07) is 12.0. The summed E-state index contributed by atoms with van der Waals surface area (Å²) in [6.45, 7) is 0.135. The molecule has 29 heavy (non-hydrogen) atoms. The molecular formula is C21H18F2INO4. The highest BCUT2D eigenvalue weighted by Gasteiger charge is 2.49. The zero-order chi connectivity index (χ0) is 20.6. The molecule has 2 aliphatic heterocycles. The number of benzene rings is 2. The highest BCUT2D eigenvalue weighted by Crippen LogP contribution is 2.43. The third kappa shape index (κ3) is 3.63. The fourth-order valence-electron chi connectivity index (χ4n) is 3.93. The average Bonchev–Trinajstić information content (AvgIpc) is 3.33. The third-order valence-electron chi connectivity index (χ3n) is 5.42. The monoisotopic (exact) mass is 513 g/mol. The number of rotatable bonds is 4. The molecule has 8 heteroatoms. The Bertz CT molecular complexity index is 942. The van der Waals surface area contributed by atoms with Gasteiger partial charge in [-0.1, -0.05) is 59.0 Å². The first-order valence-electron chi connectivity index (χ1n) is 9.15. The van der Waals surface area contributed by atoms with E-state index in [1.54, 1.807) is 0 Å². The number of cyclic esters (lactones) is 1. The van der Waals surface area contributed by atoms with Crippen LogP contribution in [0, 0.1) is 17.6 Å². The van der Waals surface area contributed by atoms with Gasteiger partial charge in [-0.25, -0.2) is 18.5 Å². The minimum absolute atomic E-state index is 0.0456. The lowest BCUT2D eigenvalue weighted by molar-refractivity contribution is -0.133. The summed E-state index contributed by atoms with van der Waals surface area (Å²) in [4.78, 5) is 26.6. The van der Waals surface area contributed by atoms with Crippen LogP contribution < -0.4 is 0 Å². The van der Waals surface area contributed by atoms with Gasteiger partial charge in [0.05, 0.1) is 12.5 Å². The molecule has 0 N–H and O–H groups in total. The second-order valence-electron chi connectivity index (χ2n) is 7.18. The van der Waals surface area contributed by atoms with E-state index < -0.39 is 41.2 Å². The van der Waals surface area contributed by atoms with E-state index in [1.165, 1.54) is 12.1 Å². The Morgan fingerprint density at radius 2 is 1.93 bits per heavy atom. The van der Waals surface area contributed by atoms with Gasteiger partial charge >= 0.3 is 6.09 Å². The molecule has 3 atom stereocenters. The van der Waals surface area contributed by atoms with E-state index in [0.29, 0.717) is 4.43 Å². The fourth-order valence-corrected chi connectivity index (χ4v) is 4.87. The summed E-state index contributed by atoms with van der Waals surface area (Å²) in [7, 11) is 0. The Morgan fingerprint density at radius 3 is 2.62 bits per heavy atom. The second-order valence-corrected chi connectivity index (χ2v) is 7.94. The van der Waals surface area contributed by atoms with Crippen LogP contribution in [0.15, 0.2) is 48.5 Å². The Kier molecular flexibility index (Phi) is 5.56. The lowest BCUT2D eigenvalue weighted by Gasteiger charge is -2.27. The number of alkyl halides is 1. The number of ether oxygens (including phenoxy) is 2. The molecule has 0 bridgehead atoms. The number of amides is 2. The summed E-state index contributed by atoms with van der Waals surface area (Å²) < 4.78 is 39.1. The van der Waals surface area contributed by atoms with E-state index >= 15 is 0 Å². The molecule has 0 unspecified atom stereocenters. The highest BCUT2D eigenvalue weighted by atomic mass is 127. The number of imide groups is 1. The molecule has 2 aliphatic rings. The molecule has 0 saturated carbocycles. The Morgan fingerprint density at radius 1 is 1.17 bits per heavy atom. The van der Waals surface area contributed by atoms with Crippen LogP contribution >= 0.6 is 22.6 Å². The van der Waals surface area contributed by atoms with Crippen molar-refractivity contribution in [1.82, 2.24) is 4.90 Å². The van der Waals surface area contributed by atoms with Gasteiger partial charge in [0.1, 0.15) is 29.9 Å². The summed E-state index contributed by atoms with van der Waals surface area (Å²) >= 11 is 2.07. The molecule has 2 aromatic carbocycles. The van der Waals surface area contributed by atoms with Crippen molar-refractivity contribution in [1.29, 1.82) is 0 Å². The number of hydrogen-bond acceptors (Lipinski definition) is 4. The van der Waals surface area contributed by atoms with Crippen LogP contribution in [-0.4, -0.2) is 34.5 Å². The van der Waals surface area contributed by atoms with Crippen molar-refractivity contribution in [2.45, 2.75) is 18.1 Å². The average molecular weight is 513 g/mol. The van der Waals surface area contributed by atoms with E-state index in [0.717, 1.165) is 16.5 Å². The van der Waals surface area contributed by atoms with Crippen LogP contribution in [-0.2, 0) is 19.9 Å². The molecule has 2 saturated heterocycles. The number of hydrogen-bond donors (Lipinski definition) is 0. The number of nitrogens with zero attached hydrogens (tertiary/aromatic N) is 1. The number of halogens is 3. The van der Waals surface area contributed by atoms with Gasteiger partial charge in [0.2, 0.25) is 5.91 Å². The van der Waals surface area contributed by atoms with Crippen molar-refractivity contribution < 1.29 is 27.8 Å². The molecule has 2 fully saturated rings. The van der Waals surface area contributed by atoms with Gasteiger partial charge < -0.3 is 9.47 Å². The van der Waals surface area contributed by atoms with E-state index in [1.807, 2.05) is 30.3 Å². The number of carbonyl (C=O) groups excluding carboxylic acids is 2. The van der Waals surface area contributed by atoms with Gasteiger partial charge in [0.25, 0.3) is 0 Å². The molecule has 2 heterocycles. The van der Waals surface area contributed by atoms with E-state index in [-0.39, 0.29) is 25.2 Å². The minimum atomic E-state index is -1.05. The maximum atomic E-state index is 14.4. The zero-order valence-electron chi connectivity index (χ0n) is 15.3. The van der Waals surface area contributed by atoms with Crippen molar-refractivity contribution >= 4 is 34.6 Å². The van der Waals surface area contributed by atoms with Gasteiger partial charge in [0.15, 0.2) is 0 Å². The Labute approximate surface area is 180 Å². The first-order valence-corrected chi connectivity index (χ1v) is 10.7. The van der Waals surface area contributed by atoms with Crippen molar-refractivity contribution in [3.05, 3.63) is 71.3 Å². The molecule has 2 aromatic rings.